The number of hydrogen-bond donors (Lipinski definition) is 0. The Morgan fingerprint density at radius 1 is 0.488 bits per heavy atom. The van der Waals surface area contributed by atoms with Gasteiger partial charge >= 0.3 is 255 Å². The van der Waals surface area contributed by atoms with Crippen LogP contribution in [0.15, 0.2) is 139 Å². The number of rotatable bonds is 6. The molecule has 2 aliphatic rings. The number of benzene rings is 5. The first-order chi connectivity index (χ1) is 20.1. The molecule has 0 saturated heterocycles. The average Bonchev–Trinajstić information content (AvgIpc) is 3.54. The fourth-order valence-corrected chi connectivity index (χ4v) is 33.2. The Morgan fingerprint density at radius 3 is 1.30 bits per heavy atom. The van der Waals surface area contributed by atoms with Crippen LogP contribution in [-0.4, -0.2) is 5.92 Å². The maximum absolute atomic E-state index is 2.68. The van der Waals surface area contributed by atoms with Gasteiger partial charge in [0.2, 0.25) is 0 Å². The maximum atomic E-state index is 2.68. The van der Waals surface area contributed by atoms with Crippen molar-refractivity contribution in [3.05, 3.63) is 161 Å². The van der Waals surface area contributed by atoms with Gasteiger partial charge in [-0.05, 0) is 0 Å². The molecule has 0 nitrogen and oxygen atoms in total. The minimum absolute atomic E-state index is 0. The van der Waals surface area contributed by atoms with E-state index in [1.807, 2.05) is 0 Å². The van der Waals surface area contributed by atoms with E-state index in [0.29, 0.717) is 7.25 Å². The van der Waals surface area contributed by atoms with Crippen molar-refractivity contribution >= 4 is 23.3 Å². The van der Waals surface area contributed by atoms with Crippen molar-refractivity contribution in [1.82, 2.24) is 0 Å². The van der Waals surface area contributed by atoms with E-state index in [9.17, 15) is 0 Å². The predicted octanol–water partition coefficient (Wildman–Crippen LogP) is 3.52. The van der Waals surface area contributed by atoms with Crippen LogP contribution in [0.3, 0.4) is 0 Å². The quantitative estimate of drug-likeness (QED) is 0.239. The molecule has 0 fully saturated rings. The normalized spacial score (nSPS) is 17.0. The topological polar surface area (TPSA) is 0 Å². The van der Waals surface area contributed by atoms with Crippen molar-refractivity contribution in [2.75, 3.05) is 0 Å². The molecule has 0 amide bonds. The summed E-state index contributed by atoms with van der Waals surface area (Å²) >= 11 is -2.31. The second-order valence-electron chi connectivity index (χ2n) is 11.6. The van der Waals surface area contributed by atoms with Crippen LogP contribution in [0.2, 0.25) is 6.55 Å². The third-order valence-electron chi connectivity index (χ3n) is 9.19. The Balaban J connectivity index is 0.00000184. The van der Waals surface area contributed by atoms with Crippen LogP contribution in [0.4, 0.5) is 0 Å². The molecule has 0 aromatic heterocycles. The first-order valence-corrected chi connectivity index (χ1v) is 24.2. The van der Waals surface area contributed by atoms with Crippen molar-refractivity contribution < 1.29 is 45.7 Å². The van der Waals surface area contributed by atoms with E-state index in [2.05, 4.69) is 160 Å². The third-order valence-corrected chi connectivity index (χ3v) is 32.4. The van der Waals surface area contributed by atoms with Crippen molar-refractivity contribution in [3.8, 4) is 22.3 Å². The van der Waals surface area contributed by atoms with Crippen molar-refractivity contribution in [3.63, 3.8) is 0 Å². The number of halogens is 2. The number of hydrogen-bond acceptors (Lipinski definition) is 0. The number of fused-ring (bicyclic) bond motifs is 2. The van der Waals surface area contributed by atoms with E-state index in [1.165, 1.54) is 33.4 Å². The molecule has 0 aliphatic heterocycles. The molecule has 213 valence electrons. The molecule has 0 radical (unpaired) electrons. The van der Waals surface area contributed by atoms with Gasteiger partial charge < -0.3 is 24.8 Å². The SMILES string of the molecule is CC1=Cc2c(-c3ccccc3)cccc2[CH]1[Zr+2]([CH]1C(C)=Cc2c(-c3ccccc3)cccc21)[SiH](C)c1ccccc1.[Cl-].[Cl-]. The molecule has 5 aromatic rings. The second kappa shape index (κ2) is 13.5. The summed E-state index contributed by atoms with van der Waals surface area (Å²) in [4.78, 5) is 0. The third kappa shape index (κ3) is 5.76. The van der Waals surface area contributed by atoms with Gasteiger partial charge in [0, 0.05) is 0 Å². The van der Waals surface area contributed by atoms with Gasteiger partial charge in [-0.3, -0.25) is 0 Å². The largest absolute Gasteiger partial charge is 1.00 e. The molecule has 3 unspecified atom stereocenters. The molecule has 0 saturated carbocycles. The van der Waals surface area contributed by atoms with E-state index < -0.39 is 26.8 Å². The summed E-state index contributed by atoms with van der Waals surface area (Å²) in [6, 6.07) is 47.7. The zero-order valence-electron chi connectivity index (χ0n) is 24.8. The van der Waals surface area contributed by atoms with Gasteiger partial charge in [-0.2, -0.15) is 0 Å². The summed E-state index contributed by atoms with van der Waals surface area (Å²) in [7, 11) is 0. The molecule has 3 atom stereocenters. The molecular weight excluding hydrogens is 659 g/mol. The Hall–Kier alpha value is -2.74. The van der Waals surface area contributed by atoms with E-state index >= 15 is 0 Å². The van der Waals surface area contributed by atoms with Gasteiger partial charge in [-0.1, -0.05) is 0 Å². The molecule has 0 bridgehead atoms. The van der Waals surface area contributed by atoms with E-state index in [0.717, 1.165) is 0 Å². The molecule has 0 N–H and O–H groups in total. The average molecular weight is 694 g/mol. The Bertz CT molecular complexity index is 1670. The van der Waals surface area contributed by atoms with Crippen LogP contribution in [0.25, 0.3) is 34.4 Å². The van der Waals surface area contributed by atoms with Gasteiger partial charge in [0.1, 0.15) is 0 Å². The van der Waals surface area contributed by atoms with Gasteiger partial charge in [0.05, 0.1) is 0 Å². The van der Waals surface area contributed by atoms with Crippen LogP contribution in [-0.2, 0) is 20.9 Å². The second-order valence-corrected chi connectivity index (χ2v) is 29.4. The summed E-state index contributed by atoms with van der Waals surface area (Å²) in [5.41, 5.74) is 14.7. The van der Waals surface area contributed by atoms with Crippen LogP contribution < -0.4 is 30.0 Å². The molecule has 0 spiro atoms. The van der Waals surface area contributed by atoms with Crippen molar-refractivity contribution in [1.29, 1.82) is 0 Å². The molecular formula is C39H35Cl2SiZr. The van der Waals surface area contributed by atoms with Crippen LogP contribution in [0.1, 0.15) is 43.4 Å². The van der Waals surface area contributed by atoms with Gasteiger partial charge in [0.15, 0.2) is 0 Å². The molecule has 2 aliphatic carbocycles. The summed E-state index contributed by atoms with van der Waals surface area (Å²) in [6.07, 6.45) is 5.09. The molecule has 43 heavy (non-hydrogen) atoms. The maximum Gasteiger partial charge on any atom is -1.00 e. The monoisotopic (exact) mass is 691 g/mol. The zero-order chi connectivity index (χ0) is 27.9. The summed E-state index contributed by atoms with van der Waals surface area (Å²) < 4.78 is 1.19. The van der Waals surface area contributed by atoms with E-state index in [4.69, 9.17) is 0 Å². The van der Waals surface area contributed by atoms with Crippen LogP contribution >= 0.6 is 0 Å². The smallest absolute Gasteiger partial charge is 1.00 e. The summed E-state index contributed by atoms with van der Waals surface area (Å²) in [5.74, 6) is -1.24. The molecule has 5 aromatic carbocycles. The van der Waals surface area contributed by atoms with E-state index in [-0.39, 0.29) is 24.8 Å². The Labute approximate surface area is 277 Å². The van der Waals surface area contributed by atoms with Gasteiger partial charge in [-0.15, -0.1) is 0 Å². The molecule has 7 rings (SSSR count). The fourth-order valence-electron chi connectivity index (χ4n) is 7.33. The first-order valence-electron chi connectivity index (χ1n) is 14.8. The summed E-state index contributed by atoms with van der Waals surface area (Å²) in [5, 5.41) is 1.64. The Kier molecular flexibility index (Phi) is 9.94. The van der Waals surface area contributed by atoms with Gasteiger partial charge in [0.25, 0.3) is 0 Å². The minimum Gasteiger partial charge on any atom is -1.00 e. The van der Waals surface area contributed by atoms with Gasteiger partial charge in [-0.25, -0.2) is 0 Å². The standard InChI is InChI=1S/2C16H13.C7H9Si.2ClH.Zr/c2*1-12-10-14-8-5-9-15(16(14)11-12)13-6-3-2-4-7-13;1-8-7-5-3-2-4-6-7;;;/h2*2-11H,1H3;2-6,8H,1H3;2*1H;/q;;;;;+2/p-2. The van der Waals surface area contributed by atoms with Crippen LogP contribution in [0, 0.1) is 0 Å². The number of allylic oxidation sites excluding steroid dienone is 2. The summed E-state index contributed by atoms with van der Waals surface area (Å²) in [6.45, 7) is 7.55. The predicted molar refractivity (Wildman–Crippen MR) is 176 cm³/mol. The molecule has 4 heteroatoms. The van der Waals surface area contributed by atoms with Crippen molar-refractivity contribution in [2.45, 2.75) is 27.6 Å². The zero-order valence-corrected chi connectivity index (χ0v) is 29.9. The Morgan fingerprint density at radius 2 is 0.884 bits per heavy atom. The van der Waals surface area contributed by atoms with E-state index in [1.54, 1.807) is 27.5 Å². The first kappa shape index (κ1) is 31.7. The minimum atomic E-state index is -2.31. The fraction of sp³-hybridized carbons (Fsp3) is 0.128. The molecule has 0 heterocycles. The van der Waals surface area contributed by atoms with Crippen molar-refractivity contribution in [2.24, 2.45) is 0 Å². The van der Waals surface area contributed by atoms with Crippen LogP contribution in [0.5, 0.6) is 0 Å².